The van der Waals surface area contributed by atoms with E-state index in [1.807, 2.05) is 31.1 Å². The standard InChI is InChI=1S/C17H21N3O2/c1-11(21)18-14-7-4-12(5-8-14)13-6-9-16-15(10-13)17(20(2)3)22-19-16/h4-5,7-8,13H,6,9-10H2,1-3H3,(H,18,21). The van der Waals surface area contributed by atoms with Crippen molar-refractivity contribution >= 4 is 17.5 Å². The van der Waals surface area contributed by atoms with Gasteiger partial charge in [-0.15, -0.1) is 0 Å². The minimum Gasteiger partial charge on any atom is -0.347 e. The molecule has 0 fully saturated rings. The summed E-state index contributed by atoms with van der Waals surface area (Å²) in [5.74, 6) is 1.29. The minimum atomic E-state index is -0.0462. The highest BCUT2D eigenvalue weighted by atomic mass is 16.5. The van der Waals surface area contributed by atoms with Gasteiger partial charge in [-0.05, 0) is 42.9 Å². The molecule has 1 aromatic heterocycles. The summed E-state index contributed by atoms with van der Waals surface area (Å²) < 4.78 is 5.45. The number of aromatic nitrogens is 1. The number of hydrogen-bond acceptors (Lipinski definition) is 4. The van der Waals surface area contributed by atoms with Gasteiger partial charge >= 0.3 is 0 Å². The van der Waals surface area contributed by atoms with Crippen molar-refractivity contribution in [1.29, 1.82) is 0 Å². The second kappa shape index (κ2) is 5.83. The predicted molar refractivity (Wildman–Crippen MR) is 86.3 cm³/mol. The van der Waals surface area contributed by atoms with E-state index in [0.717, 1.165) is 36.5 Å². The largest absolute Gasteiger partial charge is 0.347 e. The summed E-state index contributed by atoms with van der Waals surface area (Å²) in [6, 6.07) is 8.13. The van der Waals surface area contributed by atoms with Gasteiger partial charge in [0.25, 0.3) is 0 Å². The minimum absolute atomic E-state index is 0.0462. The van der Waals surface area contributed by atoms with E-state index < -0.39 is 0 Å². The molecule has 0 aliphatic heterocycles. The summed E-state index contributed by atoms with van der Waals surface area (Å²) in [6.45, 7) is 1.52. The predicted octanol–water partition coefficient (Wildman–Crippen LogP) is 2.97. The molecule has 116 valence electrons. The van der Waals surface area contributed by atoms with E-state index in [4.69, 9.17) is 4.52 Å². The lowest BCUT2D eigenvalue weighted by molar-refractivity contribution is -0.114. The number of aryl methyl sites for hydroxylation is 1. The van der Waals surface area contributed by atoms with Crippen molar-refractivity contribution in [2.45, 2.75) is 32.1 Å². The second-order valence-electron chi connectivity index (χ2n) is 6.05. The Morgan fingerprint density at radius 1 is 1.32 bits per heavy atom. The normalized spacial score (nSPS) is 17.0. The third kappa shape index (κ3) is 2.84. The molecule has 5 heteroatoms. The van der Waals surface area contributed by atoms with Gasteiger partial charge in [-0.25, -0.2) is 0 Å². The Morgan fingerprint density at radius 2 is 2.05 bits per heavy atom. The molecule has 0 bridgehead atoms. The zero-order valence-corrected chi connectivity index (χ0v) is 13.2. The monoisotopic (exact) mass is 299 g/mol. The molecule has 5 nitrogen and oxygen atoms in total. The van der Waals surface area contributed by atoms with Crippen molar-refractivity contribution in [3.63, 3.8) is 0 Å². The van der Waals surface area contributed by atoms with Gasteiger partial charge in [0.2, 0.25) is 11.8 Å². The Balaban J connectivity index is 1.79. The van der Waals surface area contributed by atoms with Gasteiger partial charge < -0.3 is 14.7 Å². The lowest BCUT2D eigenvalue weighted by atomic mass is 9.82. The Morgan fingerprint density at radius 3 is 2.68 bits per heavy atom. The molecule has 2 aromatic rings. The molecule has 0 spiro atoms. The first kappa shape index (κ1) is 14.6. The maximum atomic E-state index is 11.1. The molecule has 1 atom stereocenters. The molecular weight excluding hydrogens is 278 g/mol. The number of hydrogen-bond donors (Lipinski definition) is 1. The maximum Gasteiger partial charge on any atom is 0.230 e. The van der Waals surface area contributed by atoms with Crippen molar-refractivity contribution in [1.82, 2.24) is 5.16 Å². The van der Waals surface area contributed by atoms with Crippen LogP contribution < -0.4 is 10.2 Å². The van der Waals surface area contributed by atoms with Crippen LogP contribution in [0.4, 0.5) is 11.6 Å². The molecular formula is C17H21N3O2. The highest BCUT2D eigenvalue weighted by Crippen LogP contribution is 2.37. The van der Waals surface area contributed by atoms with Gasteiger partial charge in [0.05, 0.1) is 5.69 Å². The van der Waals surface area contributed by atoms with Gasteiger partial charge in [-0.2, -0.15) is 0 Å². The molecule has 1 aromatic carbocycles. The van der Waals surface area contributed by atoms with Crippen LogP contribution in [-0.2, 0) is 17.6 Å². The van der Waals surface area contributed by atoms with Gasteiger partial charge in [0.1, 0.15) is 0 Å². The van der Waals surface area contributed by atoms with Crippen LogP contribution in [0.25, 0.3) is 0 Å². The van der Waals surface area contributed by atoms with E-state index in [2.05, 4.69) is 22.6 Å². The van der Waals surface area contributed by atoms with Crippen LogP contribution in [0.1, 0.15) is 36.1 Å². The SMILES string of the molecule is CC(=O)Nc1ccc(C2CCc3noc(N(C)C)c3C2)cc1. The Bertz CT molecular complexity index is 674. The summed E-state index contributed by atoms with van der Waals surface area (Å²) in [7, 11) is 3.96. The van der Waals surface area contributed by atoms with Crippen LogP contribution in [0.3, 0.4) is 0 Å². The first-order chi connectivity index (χ1) is 10.5. The van der Waals surface area contributed by atoms with Crippen LogP contribution in [0.15, 0.2) is 28.8 Å². The fraction of sp³-hybridized carbons (Fsp3) is 0.412. The summed E-state index contributed by atoms with van der Waals surface area (Å²) in [5, 5.41) is 6.99. The Labute approximate surface area is 130 Å². The fourth-order valence-corrected chi connectivity index (χ4v) is 3.07. The average molecular weight is 299 g/mol. The number of carbonyl (C=O) groups excluding carboxylic acids is 1. The molecule has 1 aliphatic rings. The number of benzene rings is 1. The summed E-state index contributed by atoms with van der Waals surface area (Å²) in [5.41, 5.74) is 4.46. The average Bonchev–Trinajstić information content (AvgIpc) is 2.90. The topological polar surface area (TPSA) is 58.4 Å². The Hall–Kier alpha value is -2.30. The zero-order chi connectivity index (χ0) is 15.7. The lowest BCUT2D eigenvalue weighted by Gasteiger charge is -2.23. The van der Waals surface area contributed by atoms with E-state index in [9.17, 15) is 4.79 Å². The second-order valence-corrected chi connectivity index (χ2v) is 6.05. The number of nitrogens with zero attached hydrogens (tertiary/aromatic N) is 2. The quantitative estimate of drug-likeness (QED) is 0.946. The molecule has 0 saturated carbocycles. The number of carbonyl (C=O) groups is 1. The fourth-order valence-electron chi connectivity index (χ4n) is 3.07. The van der Waals surface area contributed by atoms with Crippen molar-refractivity contribution in [2.24, 2.45) is 0 Å². The summed E-state index contributed by atoms with van der Waals surface area (Å²) in [6.07, 6.45) is 2.97. The third-order valence-electron chi connectivity index (χ3n) is 4.14. The van der Waals surface area contributed by atoms with E-state index in [1.54, 1.807) is 0 Å². The molecule has 1 heterocycles. The number of nitrogens with one attached hydrogen (secondary N) is 1. The highest BCUT2D eigenvalue weighted by Gasteiger charge is 2.27. The maximum absolute atomic E-state index is 11.1. The van der Waals surface area contributed by atoms with Crippen molar-refractivity contribution in [2.75, 3.05) is 24.3 Å². The molecule has 0 saturated heterocycles. The number of rotatable bonds is 3. The first-order valence-corrected chi connectivity index (χ1v) is 7.57. The van der Waals surface area contributed by atoms with Crippen LogP contribution in [0, 0.1) is 0 Å². The van der Waals surface area contributed by atoms with Crippen LogP contribution >= 0.6 is 0 Å². The smallest absolute Gasteiger partial charge is 0.230 e. The molecule has 3 rings (SSSR count). The van der Waals surface area contributed by atoms with Crippen LogP contribution in [-0.4, -0.2) is 25.2 Å². The van der Waals surface area contributed by atoms with E-state index in [0.29, 0.717) is 5.92 Å². The highest BCUT2D eigenvalue weighted by molar-refractivity contribution is 5.88. The molecule has 1 amide bonds. The molecule has 22 heavy (non-hydrogen) atoms. The van der Waals surface area contributed by atoms with Gasteiger partial charge in [0.15, 0.2) is 0 Å². The number of fused-ring (bicyclic) bond motifs is 1. The van der Waals surface area contributed by atoms with E-state index >= 15 is 0 Å². The molecule has 1 N–H and O–H groups in total. The molecule has 1 aliphatic carbocycles. The third-order valence-corrected chi connectivity index (χ3v) is 4.14. The van der Waals surface area contributed by atoms with Gasteiger partial charge in [-0.1, -0.05) is 17.3 Å². The lowest BCUT2D eigenvalue weighted by Crippen LogP contribution is -2.16. The Kier molecular flexibility index (Phi) is 3.88. The van der Waals surface area contributed by atoms with Gasteiger partial charge in [0, 0.05) is 32.3 Å². The van der Waals surface area contributed by atoms with Gasteiger partial charge in [-0.3, -0.25) is 4.79 Å². The van der Waals surface area contributed by atoms with Crippen LogP contribution in [0.2, 0.25) is 0 Å². The van der Waals surface area contributed by atoms with Crippen molar-refractivity contribution < 1.29 is 9.32 Å². The van der Waals surface area contributed by atoms with E-state index in [1.165, 1.54) is 18.1 Å². The number of anilines is 2. The summed E-state index contributed by atoms with van der Waals surface area (Å²) >= 11 is 0. The van der Waals surface area contributed by atoms with Crippen LogP contribution in [0.5, 0.6) is 0 Å². The summed E-state index contributed by atoms with van der Waals surface area (Å²) in [4.78, 5) is 13.1. The number of amides is 1. The van der Waals surface area contributed by atoms with Crippen molar-refractivity contribution in [3.8, 4) is 0 Å². The molecule has 1 unspecified atom stereocenters. The molecule has 0 radical (unpaired) electrons. The first-order valence-electron chi connectivity index (χ1n) is 7.57. The van der Waals surface area contributed by atoms with Crippen molar-refractivity contribution in [3.05, 3.63) is 41.1 Å². The zero-order valence-electron chi connectivity index (χ0n) is 13.2. The van der Waals surface area contributed by atoms with E-state index in [-0.39, 0.29) is 5.91 Å².